The summed E-state index contributed by atoms with van der Waals surface area (Å²) in [5.41, 5.74) is 1.04. The zero-order chi connectivity index (χ0) is 17.0. The molecule has 1 aromatic carbocycles. The highest BCUT2D eigenvalue weighted by Crippen LogP contribution is 2.29. The Morgan fingerprint density at radius 1 is 1.30 bits per heavy atom. The lowest BCUT2D eigenvalue weighted by molar-refractivity contribution is 0.0774. The molecule has 0 saturated heterocycles. The second-order valence-corrected chi connectivity index (χ2v) is 12.8. The summed E-state index contributed by atoms with van der Waals surface area (Å²) in [6.07, 6.45) is 0.851. The molecule has 2 N–H and O–H groups in total. The number of hydrogen-bond acceptors (Lipinski definition) is 4. The van der Waals surface area contributed by atoms with Gasteiger partial charge in [-0.1, -0.05) is 37.3 Å². The molecule has 2 rings (SSSR count). The third-order valence-corrected chi connectivity index (χ3v) is 5.47. The number of aromatic hydroxyl groups is 1. The second kappa shape index (κ2) is 7.48. The summed E-state index contributed by atoms with van der Waals surface area (Å²) in [5, 5.41) is 24.5. The first-order valence-corrected chi connectivity index (χ1v) is 11.6. The summed E-state index contributed by atoms with van der Waals surface area (Å²) in [7, 11) is -1.09. The van der Waals surface area contributed by atoms with Gasteiger partial charge in [0, 0.05) is 20.9 Å². The number of hydrogen-bond donors (Lipinski definition) is 2. The summed E-state index contributed by atoms with van der Waals surface area (Å²) < 4.78 is 7.28. The van der Waals surface area contributed by atoms with E-state index in [0.717, 1.165) is 12.7 Å². The van der Waals surface area contributed by atoms with E-state index in [9.17, 15) is 10.2 Å². The van der Waals surface area contributed by atoms with Crippen molar-refractivity contribution in [1.29, 1.82) is 0 Å². The average molecular weight is 355 g/mol. The molecule has 0 radical (unpaired) electrons. The van der Waals surface area contributed by atoms with Gasteiger partial charge in [0.15, 0.2) is 0 Å². The van der Waals surface area contributed by atoms with E-state index < -0.39 is 14.2 Å². The minimum Gasteiger partial charge on any atom is -0.506 e. The van der Waals surface area contributed by atoms with Crippen molar-refractivity contribution >= 4 is 19.7 Å². The van der Waals surface area contributed by atoms with Gasteiger partial charge in [-0.3, -0.25) is 0 Å². The molecule has 2 aromatic rings. The number of aliphatic hydroxyl groups excluding tert-OH is 1. The van der Waals surface area contributed by atoms with Crippen LogP contribution in [0, 0.1) is 0 Å². The third-order valence-electron chi connectivity index (χ3n) is 3.45. The normalized spacial score (nSPS) is 13.3. The Morgan fingerprint density at radius 2 is 2.04 bits per heavy atom. The molecule has 7 heteroatoms. The van der Waals surface area contributed by atoms with Gasteiger partial charge in [-0.25, -0.2) is 4.68 Å². The molecule has 0 amide bonds. The Labute approximate surface area is 142 Å². The quantitative estimate of drug-likeness (QED) is 0.588. The van der Waals surface area contributed by atoms with Crippen LogP contribution in [0.3, 0.4) is 0 Å². The van der Waals surface area contributed by atoms with Crippen molar-refractivity contribution in [1.82, 2.24) is 9.78 Å². The van der Waals surface area contributed by atoms with E-state index in [1.807, 2.05) is 0 Å². The van der Waals surface area contributed by atoms with Crippen molar-refractivity contribution in [3.63, 3.8) is 0 Å². The van der Waals surface area contributed by atoms with E-state index in [0.29, 0.717) is 18.0 Å². The van der Waals surface area contributed by atoms with Crippen molar-refractivity contribution in [2.75, 3.05) is 6.61 Å². The van der Waals surface area contributed by atoms with E-state index in [-0.39, 0.29) is 10.8 Å². The highest BCUT2D eigenvalue weighted by molar-refractivity contribution is 6.76. The molecule has 1 atom stereocenters. The Kier molecular flexibility index (Phi) is 5.86. The van der Waals surface area contributed by atoms with Crippen LogP contribution in [0.1, 0.15) is 17.4 Å². The number of benzene rings is 1. The van der Waals surface area contributed by atoms with Gasteiger partial charge in [0.1, 0.15) is 18.6 Å². The van der Waals surface area contributed by atoms with Gasteiger partial charge in [-0.2, -0.15) is 5.10 Å². The average Bonchev–Trinajstić information content (AvgIpc) is 2.93. The Hall–Kier alpha value is -1.34. The van der Waals surface area contributed by atoms with E-state index in [4.69, 9.17) is 16.3 Å². The first-order valence-electron chi connectivity index (χ1n) is 7.54. The number of halogens is 1. The smallest absolute Gasteiger partial charge is 0.139 e. The molecule has 0 spiro atoms. The zero-order valence-corrected chi connectivity index (χ0v) is 15.4. The zero-order valence-electron chi connectivity index (χ0n) is 13.7. The summed E-state index contributed by atoms with van der Waals surface area (Å²) in [6, 6.07) is 7.49. The van der Waals surface area contributed by atoms with Crippen molar-refractivity contribution in [2.24, 2.45) is 0 Å². The lowest BCUT2D eigenvalue weighted by Crippen LogP contribution is -2.22. The van der Waals surface area contributed by atoms with Gasteiger partial charge in [0.25, 0.3) is 0 Å². The number of aromatic nitrogens is 2. The number of rotatable bonds is 7. The van der Waals surface area contributed by atoms with Gasteiger partial charge < -0.3 is 14.9 Å². The van der Waals surface area contributed by atoms with Crippen molar-refractivity contribution < 1.29 is 14.9 Å². The van der Waals surface area contributed by atoms with Crippen LogP contribution in [-0.2, 0) is 11.5 Å². The number of ether oxygens (including phenoxy) is 1. The monoisotopic (exact) mass is 354 g/mol. The highest BCUT2D eigenvalue weighted by atomic mass is 35.5. The fourth-order valence-electron chi connectivity index (χ4n) is 2.00. The molecule has 0 saturated carbocycles. The summed E-state index contributed by atoms with van der Waals surface area (Å²) >= 11 is 5.77. The second-order valence-electron chi connectivity index (χ2n) is 6.74. The van der Waals surface area contributed by atoms with Crippen LogP contribution in [-0.4, -0.2) is 34.7 Å². The number of phenolic OH excluding ortho intramolecular Hbond substituents is 1. The maximum atomic E-state index is 10.3. The first-order chi connectivity index (χ1) is 10.8. The predicted octanol–water partition coefficient (Wildman–Crippen LogP) is 3.64. The molecule has 0 bridgehead atoms. The molecular formula is C16H23ClN2O3Si. The lowest BCUT2D eigenvalue weighted by Gasteiger charge is -2.15. The third kappa shape index (κ3) is 5.35. The molecule has 0 aliphatic rings. The van der Waals surface area contributed by atoms with Crippen molar-refractivity contribution in [2.45, 2.75) is 38.5 Å². The molecule has 126 valence electrons. The van der Waals surface area contributed by atoms with Gasteiger partial charge in [0.2, 0.25) is 0 Å². The van der Waals surface area contributed by atoms with Crippen LogP contribution < -0.4 is 0 Å². The Morgan fingerprint density at radius 3 is 2.70 bits per heavy atom. The fourth-order valence-corrected chi connectivity index (χ4v) is 2.88. The van der Waals surface area contributed by atoms with Gasteiger partial charge >= 0.3 is 0 Å². The van der Waals surface area contributed by atoms with Gasteiger partial charge in [-0.15, -0.1) is 0 Å². The molecule has 1 aromatic heterocycles. The summed E-state index contributed by atoms with van der Waals surface area (Å²) in [4.78, 5) is 0. The van der Waals surface area contributed by atoms with Crippen LogP contribution in [0.15, 0.2) is 30.5 Å². The molecule has 0 fully saturated rings. The number of aliphatic hydroxyl groups is 1. The highest BCUT2D eigenvalue weighted by Gasteiger charge is 2.15. The molecule has 1 unspecified atom stereocenters. The van der Waals surface area contributed by atoms with E-state index in [1.165, 1.54) is 6.07 Å². The minimum absolute atomic E-state index is 0.0580. The topological polar surface area (TPSA) is 67.5 Å². The molecule has 0 aliphatic heterocycles. The number of phenols is 1. The maximum absolute atomic E-state index is 10.3. The lowest BCUT2D eigenvalue weighted by atomic mass is 10.1. The molecule has 0 aliphatic carbocycles. The molecular weight excluding hydrogens is 332 g/mol. The van der Waals surface area contributed by atoms with Crippen molar-refractivity contribution in [3.05, 3.63) is 46.7 Å². The Balaban J connectivity index is 1.94. The van der Waals surface area contributed by atoms with Gasteiger partial charge in [0.05, 0.1) is 10.7 Å². The molecule has 5 nitrogen and oxygen atoms in total. The maximum Gasteiger partial charge on any atom is 0.139 e. The summed E-state index contributed by atoms with van der Waals surface area (Å²) in [5.74, 6) is -0.0580. The van der Waals surface area contributed by atoms with Gasteiger partial charge in [-0.05, 0) is 29.8 Å². The van der Waals surface area contributed by atoms with Crippen LogP contribution in [0.25, 0.3) is 0 Å². The van der Waals surface area contributed by atoms with E-state index in [2.05, 4.69) is 24.7 Å². The molecule has 1 heterocycles. The predicted molar refractivity (Wildman–Crippen MR) is 93.5 cm³/mol. The first kappa shape index (κ1) is 18.0. The fraction of sp³-hybridized carbons (Fsp3) is 0.438. The van der Waals surface area contributed by atoms with Crippen molar-refractivity contribution in [3.8, 4) is 5.75 Å². The largest absolute Gasteiger partial charge is 0.506 e. The van der Waals surface area contributed by atoms with Crippen LogP contribution in [0.5, 0.6) is 5.75 Å². The van der Waals surface area contributed by atoms with E-state index >= 15 is 0 Å². The summed E-state index contributed by atoms with van der Waals surface area (Å²) in [6.45, 7) is 8.00. The van der Waals surface area contributed by atoms with E-state index in [1.54, 1.807) is 29.1 Å². The van der Waals surface area contributed by atoms with Crippen LogP contribution in [0.4, 0.5) is 0 Å². The van der Waals surface area contributed by atoms with Crippen LogP contribution in [0.2, 0.25) is 30.7 Å². The SMILES string of the molecule is C[Si](C)(C)CCOCn1ccc(C(O)c2ccc(Cl)c(O)c2)n1. The number of nitrogens with zero attached hydrogens (tertiary/aromatic N) is 2. The minimum atomic E-state index is -1.09. The standard InChI is InChI=1S/C16H23ClN2O3Si/c1-23(2,3)9-8-22-11-19-7-6-14(18-19)16(21)12-4-5-13(17)15(20)10-12/h4-7,10,16,20-21H,8-9,11H2,1-3H3. The van der Waals surface area contributed by atoms with Crippen LogP contribution >= 0.6 is 11.6 Å². The Bertz CT molecular complexity index is 655. The molecule has 23 heavy (non-hydrogen) atoms.